The Morgan fingerprint density at radius 3 is 1.95 bits per heavy atom. The second-order valence-corrected chi connectivity index (χ2v) is 13.7. The van der Waals surface area contributed by atoms with Crippen LogP contribution in [0, 0.1) is 0 Å². The second kappa shape index (κ2) is 10.1. The highest BCUT2D eigenvalue weighted by atomic mass is 16.1. The molecule has 0 saturated carbocycles. The molecule has 0 aromatic heterocycles. The minimum atomic E-state index is -0.433. The number of nitrogens with one attached hydrogen (secondary N) is 1. The lowest BCUT2D eigenvalue weighted by molar-refractivity contribution is 0.520. The van der Waals surface area contributed by atoms with E-state index in [1.54, 1.807) is 0 Å². The molecule has 5 aromatic rings. The summed E-state index contributed by atoms with van der Waals surface area (Å²) in [6.07, 6.45) is 3.02. The molecule has 0 amide bonds. The third-order valence-electron chi connectivity index (χ3n) is 10.1. The zero-order valence-corrected chi connectivity index (χ0v) is 26.6. The molecule has 0 spiro atoms. The molecule has 222 valence electrons. The number of nitrogens with zero attached hydrogens (tertiary/aromatic N) is 1. The van der Waals surface area contributed by atoms with Gasteiger partial charge >= 0.3 is 0 Å². The number of benzene rings is 4. The van der Waals surface area contributed by atoms with Crippen molar-refractivity contribution in [3.63, 3.8) is 0 Å². The standard InChI is InChI=1S/C40H40N2O2/c1-7-13-27(37-39(3,4)33-25-17-11-9-15-23(25)19-21-29(33)41-37)31-35(43)32(36(31)44)28(14-8-2)38-40(5,6)34-26-18-12-10-16-24(26)20-22-30(34)42-38/h9-12,15-22,37,41H,7-8,13-14H2,1-6H3. The molecule has 2 heterocycles. The number of rotatable bonds is 6. The summed E-state index contributed by atoms with van der Waals surface area (Å²) in [5.41, 5.74) is 6.10. The minimum absolute atomic E-state index is 0.111. The van der Waals surface area contributed by atoms with Crippen LogP contribution in [0.15, 0.2) is 87.4 Å². The number of hydrogen-bond donors (Lipinski definition) is 1. The maximum Gasteiger partial charge on any atom is 0.201 e. The molecule has 0 saturated heterocycles. The van der Waals surface area contributed by atoms with E-state index in [-0.39, 0.29) is 22.3 Å². The van der Waals surface area contributed by atoms with Gasteiger partial charge in [-0.05, 0) is 68.8 Å². The van der Waals surface area contributed by atoms with Crippen LogP contribution in [-0.2, 0) is 10.8 Å². The summed E-state index contributed by atoms with van der Waals surface area (Å²) in [7, 11) is 0. The third kappa shape index (κ3) is 3.93. The Morgan fingerprint density at radius 2 is 1.32 bits per heavy atom. The highest BCUT2D eigenvalue weighted by molar-refractivity contribution is 6.27. The van der Waals surface area contributed by atoms with Crippen molar-refractivity contribution in [2.45, 2.75) is 84.1 Å². The summed E-state index contributed by atoms with van der Waals surface area (Å²) < 4.78 is 0. The molecule has 5 aromatic carbocycles. The largest absolute Gasteiger partial charge is 0.377 e. The van der Waals surface area contributed by atoms with Gasteiger partial charge in [0.15, 0.2) is 0 Å². The van der Waals surface area contributed by atoms with Gasteiger partial charge in [-0.2, -0.15) is 0 Å². The van der Waals surface area contributed by atoms with E-state index < -0.39 is 5.41 Å². The lowest BCUT2D eigenvalue weighted by Crippen LogP contribution is -2.68. The Hall–Kier alpha value is -4.31. The monoisotopic (exact) mass is 580 g/mol. The van der Waals surface area contributed by atoms with Crippen molar-refractivity contribution in [1.29, 1.82) is 0 Å². The number of aliphatic imine (C=N–C) groups is 1. The van der Waals surface area contributed by atoms with E-state index in [4.69, 9.17) is 4.99 Å². The summed E-state index contributed by atoms with van der Waals surface area (Å²) in [6.45, 7) is 13.1. The second-order valence-electron chi connectivity index (χ2n) is 13.7. The molecule has 44 heavy (non-hydrogen) atoms. The molecular weight excluding hydrogens is 540 g/mol. The van der Waals surface area contributed by atoms with E-state index in [1.807, 2.05) is 0 Å². The predicted octanol–water partition coefficient (Wildman–Crippen LogP) is 7.33. The first-order chi connectivity index (χ1) is 21.1. The molecule has 1 N–H and O–H groups in total. The molecule has 1 unspecified atom stereocenters. The van der Waals surface area contributed by atoms with Crippen molar-refractivity contribution in [1.82, 2.24) is 0 Å². The molecule has 7 rings (SSSR count). The Morgan fingerprint density at radius 1 is 0.727 bits per heavy atom. The lowest BCUT2D eigenvalue weighted by atomic mass is 9.73. The Labute approximate surface area is 258 Å². The molecule has 0 radical (unpaired) electrons. The van der Waals surface area contributed by atoms with Gasteiger partial charge in [0.1, 0.15) is 0 Å². The Kier molecular flexibility index (Phi) is 6.55. The van der Waals surface area contributed by atoms with Crippen LogP contribution in [0.5, 0.6) is 0 Å². The summed E-state index contributed by atoms with van der Waals surface area (Å²) in [6, 6.07) is 25.2. The maximum atomic E-state index is 14.3. The van der Waals surface area contributed by atoms with Gasteiger partial charge in [-0.1, -0.05) is 115 Å². The molecule has 1 atom stereocenters. The van der Waals surface area contributed by atoms with Crippen molar-refractivity contribution >= 4 is 49.8 Å². The predicted molar refractivity (Wildman–Crippen MR) is 186 cm³/mol. The van der Waals surface area contributed by atoms with Gasteiger partial charge in [0.05, 0.1) is 27.9 Å². The van der Waals surface area contributed by atoms with Crippen molar-refractivity contribution in [2.75, 3.05) is 5.32 Å². The highest BCUT2D eigenvalue weighted by Gasteiger charge is 2.44. The van der Waals surface area contributed by atoms with Crippen LogP contribution in [0.3, 0.4) is 0 Å². The van der Waals surface area contributed by atoms with Crippen LogP contribution in [0.25, 0.3) is 32.7 Å². The molecule has 4 nitrogen and oxygen atoms in total. The zero-order valence-electron chi connectivity index (χ0n) is 26.6. The van der Waals surface area contributed by atoms with Gasteiger partial charge in [0, 0.05) is 16.5 Å². The fourth-order valence-electron chi connectivity index (χ4n) is 8.18. The van der Waals surface area contributed by atoms with Crippen LogP contribution in [0.1, 0.15) is 78.4 Å². The number of anilines is 1. The van der Waals surface area contributed by atoms with Gasteiger partial charge < -0.3 is 5.32 Å². The van der Waals surface area contributed by atoms with E-state index >= 15 is 0 Å². The van der Waals surface area contributed by atoms with E-state index in [0.717, 1.165) is 41.1 Å². The van der Waals surface area contributed by atoms with E-state index in [0.29, 0.717) is 23.3 Å². The van der Waals surface area contributed by atoms with Crippen LogP contribution < -0.4 is 26.6 Å². The van der Waals surface area contributed by atoms with Crippen LogP contribution in [0.2, 0.25) is 0 Å². The van der Waals surface area contributed by atoms with Crippen LogP contribution in [-0.4, -0.2) is 11.8 Å². The summed E-state index contributed by atoms with van der Waals surface area (Å²) in [4.78, 5) is 33.7. The SMILES string of the molecule is CCCC(C1=Nc2ccc3ccccc3c2C1(C)C)=c1c(=O)c(=C(CCC)C2Nc3ccc4ccccc4c3C2(C)C)c1=O. The van der Waals surface area contributed by atoms with E-state index in [1.165, 1.54) is 32.7 Å². The normalized spacial score (nSPS) is 17.9. The lowest BCUT2D eigenvalue weighted by Gasteiger charge is -2.31. The van der Waals surface area contributed by atoms with Gasteiger partial charge in [0.2, 0.25) is 10.9 Å². The summed E-state index contributed by atoms with van der Waals surface area (Å²) >= 11 is 0. The average Bonchev–Trinajstić information content (AvgIpc) is 3.45. The first-order valence-electron chi connectivity index (χ1n) is 16.1. The Balaban J connectivity index is 1.42. The number of fused-ring (bicyclic) bond motifs is 6. The maximum absolute atomic E-state index is 14.3. The number of hydrogen-bond acceptors (Lipinski definition) is 4. The summed E-state index contributed by atoms with van der Waals surface area (Å²) in [5, 5.41) is 9.25. The van der Waals surface area contributed by atoms with E-state index in [2.05, 4.69) is 120 Å². The summed E-state index contributed by atoms with van der Waals surface area (Å²) in [5.74, 6) is 0. The molecule has 4 heteroatoms. The minimum Gasteiger partial charge on any atom is -0.377 e. The highest BCUT2D eigenvalue weighted by Crippen LogP contribution is 2.48. The van der Waals surface area contributed by atoms with Crippen LogP contribution in [0.4, 0.5) is 11.4 Å². The zero-order chi connectivity index (χ0) is 31.0. The molecule has 2 aliphatic heterocycles. The van der Waals surface area contributed by atoms with Crippen molar-refractivity contribution in [3.8, 4) is 0 Å². The van der Waals surface area contributed by atoms with E-state index in [9.17, 15) is 9.59 Å². The van der Waals surface area contributed by atoms with Gasteiger partial charge in [0.25, 0.3) is 0 Å². The van der Waals surface area contributed by atoms with Crippen LogP contribution >= 0.6 is 0 Å². The fraction of sp³-hybridized carbons (Fsp3) is 0.325. The van der Waals surface area contributed by atoms with Crippen molar-refractivity contribution in [2.24, 2.45) is 4.99 Å². The van der Waals surface area contributed by atoms with Gasteiger partial charge in [-0.3, -0.25) is 14.6 Å². The molecule has 2 aliphatic rings. The third-order valence-corrected chi connectivity index (χ3v) is 10.1. The molecule has 0 fully saturated rings. The van der Waals surface area contributed by atoms with Crippen molar-refractivity contribution in [3.05, 3.63) is 115 Å². The smallest absolute Gasteiger partial charge is 0.201 e. The molecule has 0 bridgehead atoms. The fourth-order valence-corrected chi connectivity index (χ4v) is 8.18. The van der Waals surface area contributed by atoms with Gasteiger partial charge in [-0.15, -0.1) is 0 Å². The molecule has 0 aliphatic carbocycles. The topological polar surface area (TPSA) is 58.5 Å². The van der Waals surface area contributed by atoms with Gasteiger partial charge in [-0.25, -0.2) is 0 Å². The molecular formula is C40H40N2O2. The first kappa shape index (κ1) is 28.5. The first-order valence-corrected chi connectivity index (χ1v) is 16.1. The Bertz CT molecular complexity index is 2190. The average molecular weight is 581 g/mol. The quantitative estimate of drug-likeness (QED) is 0.229. The van der Waals surface area contributed by atoms with Crippen molar-refractivity contribution < 1.29 is 0 Å².